The van der Waals surface area contributed by atoms with Gasteiger partial charge in [0.05, 0.1) is 7.11 Å². The largest absolute Gasteiger partial charge is 0.497 e. The van der Waals surface area contributed by atoms with Crippen molar-refractivity contribution in [3.63, 3.8) is 0 Å². The predicted molar refractivity (Wildman–Crippen MR) is 114 cm³/mol. The summed E-state index contributed by atoms with van der Waals surface area (Å²) in [6.45, 7) is 4.92. The minimum Gasteiger partial charge on any atom is -0.497 e. The van der Waals surface area contributed by atoms with Gasteiger partial charge in [0.1, 0.15) is 5.75 Å². The number of carbonyl (C=O) groups excluding carboxylic acids is 1. The fourth-order valence-corrected chi connectivity index (χ4v) is 3.25. The number of nitrogens with zero attached hydrogens (tertiary/aromatic N) is 2. The van der Waals surface area contributed by atoms with Crippen molar-refractivity contribution in [2.75, 3.05) is 46.4 Å². The van der Waals surface area contributed by atoms with E-state index in [-0.39, 0.29) is 6.03 Å². The summed E-state index contributed by atoms with van der Waals surface area (Å²) in [5.74, 6) is 0.851. The van der Waals surface area contributed by atoms with Gasteiger partial charge in [0.15, 0.2) is 0 Å². The average molecular weight is 380 g/mol. The molecule has 1 N–H and O–H groups in total. The fraction of sp³-hybridized carbons (Fsp3) is 0.348. The summed E-state index contributed by atoms with van der Waals surface area (Å²) in [6, 6.07) is 18.3. The van der Waals surface area contributed by atoms with Crippen LogP contribution in [0, 0.1) is 0 Å². The van der Waals surface area contributed by atoms with Crippen LogP contribution in [0.4, 0.5) is 4.79 Å². The van der Waals surface area contributed by atoms with Crippen LogP contribution in [0.15, 0.2) is 60.7 Å². The number of rotatable bonds is 7. The molecule has 3 rings (SSSR count). The standard InChI is InChI=1S/C23H29N3O2/c1-28-22-11-9-21(10-12-22)13-14-24-23(27)26-18-16-25(17-19-26)15-5-8-20-6-3-2-4-7-20/h2-12H,13-19H2,1H3,(H,24,27). The first-order valence-corrected chi connectivity index (χ1v) is 9.84. The Kier molecular flexibility index (Phi) is 7.50. The Hall–Kier alpha value is -2.79. The van der Waals surface area contributed by atoms with Crippen LogP contribution < -0.4 is 10.1 Å². The minimum atomic E-state index is 0.0352. The molecule has 1 aliphatic heterocycles. The predicted octanol–water partition coefficient (Wildman–Crippen LogP) is 3.28. The highest BCUT2D eigenvalue weighted by Crippen LogP contribution is 2.11. The number of hydrogen-bond donors (Lipinski definition) is 1. The van der Waals surface area contributed by atoms with E-state index >= 15 is 0 Å². The van der Waals surface area contributed by atoms with Crippen molar-refractivity contribution in [3.8, 4) is 5.75 Å². The van der Waals surface area contributed by atoms with E-state index in [0.717, 1.165) is 44.9 Å². The summed E-state index contributed by atoms with van der Waals surface area (Å²) in [5, 5.41) is 3.03. The number of methoxy groups -OCH3 is 1. The Bertz CT molecular complexity index is 751. The van der Waals surface area contributed by atoms with Crippen molar-refractivity contribution < 1.29 is 9.53 Å². The zero-order chi connectivity index (χ0) is 19.6. The third-order valence-electron chi connectivity index (χ3n) is 4.98. The number of benzene rings is 2. The SMILES string of the molecule is COc1ccc(CCNC(=O)N2CCN(CC=Cc3ccccc3)CC2)cc1. The molecule has 5 nitrogen and oxygen atoms in total. The van der Waals surface area contributed by atoms with Gasteiger partial charge in [0, 0.05) is 39.3 Å². The summed E-state index contributed by atoms with van der Waals surface area (Å²) in [6.07, 6.45) is 5.16. The van der Waals surface area contributed by atoms with E-state index in [1.165, 1.54) is 11.1 Å². The van der Waals surface area contributed by atoms with Crippen LogP contribution in [0.1, 0.15) is 11.1 Å². The van der Waals surface area contributed by atoms with Gasteiger partial charge in [-0.1, -0.05) is 54.6 Å². The highest BCUT2D eigenvalue weighted by molar-refractivity contribution is 5.74. The molecule has 0 atom stereocenters. The summed E-state index contributed by atoms with van der Waals surface area (Å²) >= 11 is 0. The molecule has 1 heterocycles. The quantitative estimate of drug-likeness (QED) is 0.803. The lowest BCUT2D eigenvalue weighted by molar-refractivity contribution is 0.147. The molecule has 2 amide bonds. The van der Waals surface area contributed by atoms with Crippen LogP contribution >= 0.6 is 0 Å². The monoisotopic (exact) mass is 379 g/mol. The van der Waals surface area contributed by atoms with Gasteiger partial charge in [-0.2, -0.15) is 0 Å². The van der Waals surface area contributed by atoms with Crippen molar-refractivity contribution in [1.82, 2.24) is 15.1 Å². The second kappa shape index (κ2) is 10.5. The summed E-state index contributed by atoms with van der Waals surface area (Å²) < 4.78 is 5.16. The first-order valence-electron chi connectivity index (χ1n) is 9.84. The van der Waals surface area contributed by atoms with Crippen molar-refractivity contribution in [1.29, 1.82) is 0 Å². The van der Waals surface area contributed by atoms with Gasteiger partial charge < -0.3 is 15.0 Å². The van der Waals surface area contributed by atoms with E-state index in [0.29, 0.717) is 6.54 Å². The molecule has 0 spiro atoms. The van der Waals surface area contributed by atoms with Crippen molar-refractivity contribution in [3.05, 3.63) is 71.8 Å². The average Bonchev–Trinajstić information content (AvgIpc) is 2.75. The molecular weight excluding hydrogens is 350 g/mol. The molecule has 148 valence electrons. The van der Waals surface area contributed by atoms with E-state index in [1.54, 1.807) is 7.11 Å². The van der Waals surface area contributed by atoms with Crippen LogP contribution in [0.3, 0.4) is 0 Å². The molecule has 0 bridgehead atoms. The third-order valence-corrected chi connectivity index (χ3v) is 4.98. The van der Waals surface area contributed by atoms with E-state index in [4.69, 9.17) is 4.74 Å². The zero-order valence-corrected chi connectivity index (χ0v) is 16.5. The maximum Gasteiger partial charge on any atom is 0.317 e. The number of nitrogens with one attached hydrogen (secondary N) is 1. The number of piperazine rings is 1. The van der Waals surface area contributed by atoms with E-state index in [9.17, 15) is 4.79 Å². The lowest BCUT2D eigenvalue weighted by atomic mass is 10.1. The number of urea groups is 1. The molecule has 0 aromatic heterocycles. The maximum atomic E-state index is 12.4. The van der Waals surface area contributed by atoms with E-state index in [2.05, 4.69) is 34.5 Å². The Balaban J connectivity index is 1.33. The highest BCUT2D eigenvalue weighted by atomic mass is 16.5. The molecule has 1 fully saturated rings. The van der Waals surface area contributed by atoms with Gasteiger partial charge >= 0.3 is 6.03 Å². The van der Waals surface area contributed by atoms with Crippen LogP contribution in [0.5, 0.6) is 5.75 Å². The number of carbonyl (C=O) groups is 1. The van der Waals surface area contributed by atoms with Gasteiger partial charge in [-0.15, -0.1) is 0 Å². The Morgan fingerprint density at radius 1 is 1.04 bits per heavy atom. The third kappa shape index (κ3) is 6.13. The zero-order valence-electron chi connectivity index (χ0n) is 16.5. The first-order chi connectivity index (χ1) is 13.7. The Morgan fingerprint density at radius 3 is 2.43 bits per heavy atom. The topological polar surface area (TPSA) is 44.8 Å². The molecule has 0 saturated carbocycles. The minimum absolute atomic E-state index is 0.0352. The molecular formula is C23H29N3O2. The second-order valence-corrected chi connectivity index (χ2v) is 6.93. The van der Waals surface area contributed by atoms with Crippen LogP contribution in [-0.2, 0) is 6.42 Å². The van der Waals surface area contributed by atoms with Crippen LogP contribution in [0.25, 0.3) is 6.08 Å². The Morgan fingerprint density at radius 2 is 1.75 bits per heavy atom. The molecule has 28 heavy (non-hydrogen) atoms. The Labute approximate surface area is 167 Å². The molecule has 1 saturated heterocycles. The molecule has 2 aromatic rings. The van der Waals surface area contributed by atoms with E-state index in [1.807, 2.05) is 47.4 Å². The number of ether oxygens (including phenoxy) is 1. The highest BCUT2D eigenvalue weighted by Gasteiger charge is 2.19. The molecule has 5 heteroatoms. The van der Waals surface area contributed by atoms with Crippen molar-refractivity contribution in [2.45, 2.75) is 6.42 Å². The molecule has 0 radical (unpaired) electrons. The molecule has 0 aliphatic carbocycles. The maximum absolute atomic E-state index is 12.4. The van der Waals surface area contributed by atoms with Gasteiger partial charge in [-0.05, 0) is 29.7 Å². The molecule has 2 aromatic carbocycles. The number of hydrogen-bond acceptors (Lipinski definition) is 3. The molecule has 1 aliphatic rings. The first kappa shape index (κ1) is 20.0. The van der Waals surface area contributed by atoms with Crippen LogP contribution in [0.2, 0.25) is 0 Å². The number of amides is 2. The fourth-order valence-electron chi connectivity index (χ4n) is 3.25. The normalized spacial score (nSPS) is 15.0. The summed E-state index contributed by atoms with van der Waals surface area (Å²) in [5.41, 5.74) is 2.41. The van der Waals surface area contributed by atoms with Gasteiger partial charge in [0.25, 0.3) is 0 Å². The second-order valence-electron chi connectivity index (χ2n) is 6.93. The summed E-state index contributed by atoms with van der Waals surface area (Å²) in [7, 11) is 1.66. The van der Waals surface area contributed by atoms with Gasteiger partial charge in [-0.25, -0.2) is 4.79 Å². The van der Waals surface area contributed by atoms with Gasteiger partial charge in [-0.3, -0.25) is 4.90 Å². The van der Waals surface area contributed by atoms with Crippen molar-refractivity contribution >= 4 is 12.1 Å². The molecule has 0 unspecified atom stereocenters. The van der Waals surface area contributed by atoms with Gasteiger partial charge in [0.2, 0.25) is 0 Å². The van der Waals surface area contributed by atoms with Crippen LogP contribution in [-0.4, -0.2) is 62.2 Å². The lowest BCUT2D eigenvalue weighted by Crippen LogP contribution is -2.51. The van der Waals surface area contributed by atoms with E-state index < -0.39 is 0 Å². The van der Waals surface area contributed by atoms with Crippen molar-refractivity contribution in [2.24, 2.45) is 0 Å². The summed E-state index contributed by atoms with van der Waals surface area (Å²) in [4.78, 5) is 16.6. The smallest absolute Gasteiger partial charge is 0.317 e. The lowest BCUT2D eigenvalue weighted by Gasteiger charge is -2.34.